The van der Waals surface area contributed by atoms with Crippen LogP contribution in [0.25, 0.3) is 17.0 Å². The van der Waals surface area contributed by atoms with Gasteiger partial charge in [-0.2, -0.15) is 0 Å². The maximum atomic E-state index is 6.26. The van der Waals surface area contributed by atoms with E-state index >= 15 is 0 Å². The Morgan fingerprint density at radius 2 is 2.00 bits per heavy atom. The Morgan fingerprint density at radius 1 is 1.21 bits per heavy atom. The van der Waals surface area contributed by atoms with Crippen molar-refractivity contribution in [1.29, 1.82) is 0 Å². The molecule has 4 nitrogen and oxygen atoms in total. The lowest BCUT2D eigenvalue weighted by atomic mass is 9.88. The van der Waals surface area contributed by atoms with E-state index in [1.54, 1.807) is 6.39 Å². The highest BCUT2D eigenvalue weighted by Crippen LogP contribution is 2.40. The number of nitrogens with zero attached hydrogens (tertiary/aromatic N) is 3. The van der Waals surface area contributed by atoms with Crippen molar-refractivity contribution in [3.63, 3.8) is 0 Å². The number of halogens is 1. The average Bonchev–Trinajstić information content (AvgIpc) is 3.04. The highest BCUT2D eigenvalue weighted by Gasteiger charge is 2.27. The van der Waals surface area contributed by atoms with E-state index in [9.17, 15) is 0 Å². The molecular formula is C19H22ClN3O. The number of oxazole rings is 1. The number of hydrogen-bond acceptors (Lipinski definition) is 4. The molecule has 2 heterocycles. The average molecular weight is 344 g/mol. The number of aromatic nitrogens is 1. The summed E-state index contributed by atoms with van der Waals surface area (Å²) in [6.45, 7) is 6.44. The zero-order valence-electron chi connectivity index (χ0n) is 14.1. The van der Waals surface area contributed by atoms with Gasteiger partial charge in [-0.15, -0.1) is 0 Å². The van der Waals surface area contributed by atoms with Crippen LogP contribution in [0.3, 0.4) is 0 Å². The van der Waals surface area contributed by atoms with Crippen LogP contribution in [-0.4, -0.2) is 48.0 Å². The summed E-state index contributed by atoms with van der Waals surface area (Å²) in [5, 5.41) is 0.731. The summed E-state index contributed by atoms with van der Waals surface area (Å²) in [5.74, 6) is 1.25. The zero-order valence-corrected chi connectivity index (χ0v) is 14.9. The molecule has 1 unspecified atom stereocenters. The number of hydrogen-bond donors (Lipinski definition) is 0. The summed E-state index contributed by atoms with van der Waals surface area (Å²) >= 11 is 6.26. The molecule has 1 aliphatic heterocycles. The van der Waals surface area contributed by atoms with Gasteiger partial charge in [-0.25, -0.2) is 4.98 Å². The van der Waals surface area contributed by atoms with Crippen LogP contribution in [0, 0.1) is 0 Å². The zero-order chi connectivity index (χ0) is 16.7. The topological polar surface area (TPSA) is 32.5 Å². The number of likely N-dealkylation sites (N-methyl/N-ethyl adjacent to an activating group) is 1. The molecule has 0 N–H and O–H groups in total. The van der Waals surface area contributed by atoms with Crippen molar-refractivity contribution < 1.29 is 4.42 Å². The summed E-state index contributed by atoms with van der Waals surface area (Å²) in [5.41, 5.74) is 4.48. The number of piperazine rings is 1. The molecule has 0 saturated carbocycles. The van der Waals surface area contributed by atoms with Crippen LogP contribution in [0.1, 0.15) is 30.5 Å². The Morgan fingerprint density at radius 3 is 2.79 bits per heavy atom. The van der Waals surface area contributed by atoms with E-state index in [1.807, 2.05) is 12.1 Å². The van der Waals surface area contributed by atoms with Crippen molar-refractivity contribution in [2.75, 3.05) is 33.2 Å². The second kappa shape index (κ2) is 6.26. The van der Waals surface area contributed by atoms with Crippen LogP contribution in [0.4, 0.5) is 0 Å². The van der Waals surface area contributed by atoms with Crippen LogP contribution >= 0.6 is 11.6 Å². The number of fused-ring (bicyclic) bond motifs is 3. The summed E-state index contributed by atoms with van der Waals surface area (Å²) in [6.07, 6.45) is 4.87. The second-order valence-corrected chi connectivity index (χ2v) is 7.21. The lowest BCUT2D eigenvalue weighted by Crippen LogP contribution is -2.43. The predicted molar refractivity (Wildman–Crippen MR) is 97.0 cm³/mol. The molecule has 1 saturated heterocycles. The molecular weight excluding hydrogens is 322 g/mol. The first-order chi connectivity index (χ1) is 11.6. The highest BCUT2D eigenvalue weighted by molar-refractivity contribution is 6.30. The lowest BCUT2D eigenvalue weighted by Gasteiger charge is -2.36. The SMILES string of the molecule is CC1CC=C(N2CCN(C)CC2)c2ncoc2-c2cc(Cl)ccc21. The molecule has 1 aromatic heterocycles. The molecule has 0 spiro atoms. The quantitative estimate of drug-likeness (QED) is 0.780. The van der Waals surface area contributed by atoms with E-state index < -0.39 is 0 Å². The van der Waals surface area contributed by atoms with Crippen molar-refractivity contribution in [3.05, 3.63) is 46.9 Å². The second-order valence-electron chi connectivity index (χ2n) is 6.78. The van der Waals surface area contributed by atoms with Crippen molar-refractivity contribution in [1.82, 2.24) is 14.8 Å². The van der Waals surface area contributed by atoms with Gasteiger partial charge in [0.25, 0.3) is 0 Å². The van der Waals surface area contributed by atoms with Gasteiger partial charge in [0.2, 0.25) is 0 Å². The van der Waals surface area contributed by atoms with E-state index in [2.05, 4.69) is 40.9 Å². The van der Waals surface area contributed by atoms with Gasteiger partial charge in [0.15, 0.2) is 12.2 Å². The number of rotatable bonds is 1. The Bertz CT molecular complexity index is 775. The van der Waals surface area contributed by atoms with Gasteiger partial charge in [-0.05, 0) is 37.1 Å². The van der Waals surface area contributed by atoms with Crippen molar-refractivity contribution in [2.45, 2.75) is 19.3 Å². The third-order valence-corrected chi connectivity index (χ3v) is 5.34. The summed E-state index contributed by atoms with van der Waals surface area (Å²) in [6, 6.07) is 6.08. The van der Waals surface area contributed by atoms with Crippen LogP contribution in [0.15, 0.2) is 35.1 Å². The van der Waals surface area contributed by atoms with E-state index in [4.69, 9.17) is 16.0 Å². The molecule has 0 bridgehead atoms. The minimum Gasteiger partial charge on any atom is -0.443 e. The molecule has 1 aromatic carbocycles. The van der Waals surface area contributed by atoms with Gasteiger partial charge in [0.05, 0.1) is 5.70 Å². The minimum absolute atomic E-state index is 0.415. The fourth-order valence-corrected chi connectivity index (χ4v) is 3.78. The monoisotopic (exact) mass is 343 g/mol. The van der Waals surface area contributed by atoms with Crippen molar-refractivity contribution in [2.24, 2.45) is 0 Å². The third kappa shape index (κ3) is 2.74. The van der Waals surface area contributed by atoms with Crippen molar-refractivity contribution in [3.8, 4) is 11.3 Å². The lowest BCUT2D eigenvalue weighted by molar-refractivity contribution is 0.206. The van der Waals surface area contributed by atoms with Crippen LogP contribution in [0.5, 0.6) is 0 Å². The predicted octanol–water partition coefficient (Wildman–Crippen LogP) is 4.09. The van der Waals surface area contributed by atoms with Gasteiger partial charge in [-0.3, -0.25) is 0 Å². The fourth-order valence-electron chi connectivity index (χ4n) is 3.61. The maximum Gasteiger partial charge on any atom is 0.182 e. The standard InChI is InChI=1S/C19H22ClN3O/c1-13-3-6-17(23-9-7-22(2)8-10-23)18-19(24-12-21-18)16-11-14(20)4-5-15(13)16/h4-6,11-13H,3,7-10H2,1-2H3. The Labute approximate surface area is 147 Å². The van der Waals surface area contributed by atoms with Gasteiger partial charge in [-0.1, -0.05) is 30.7 Å². The Balaban J connectivity index is 1.80. The van der Waals surface area contributed by atoms with Gasteiger partial charge in [0.1, 0.15) is 5.69 Å². The van der Waals surface area contributed by atoms with Crippen LogP contribution < -0.4 is 0 Å². The molecule has 4 rings (SSSR count). The molecule has 1 aliphatic carbocycles. The molecule has 126 valence electrons. The Hall–Kier alpha value is -1.78. The fraction of sp³-hybridized carbons (Fsp3) is 0.421. The normalized spacial score (nSPS) is 21.5. The first-order valence-electron chi connectivity index (χ1n) is 8.51. The summed E-state index contributed by atoms with van der Waals surface area (Å²) in [4.78, 5) is 9.35. The van der Waals surface area contributed by atoms with Crippen molar-refractivity contribution >= 4 is 17.3 Å². The third-order valence-electron chi connectivity index (χ3n) is 5.11. The Kier molecular flexibility index (Phi) is 4.10. The first-order valence-corrected chi connectivity index (χ1v) is 8.88. The van der Waals surface area contributed by atoms with Gasteiger partial charge < -0.3 is 14.2 Å². The smallest absolute Gasteiger partial charge is 0.182 e. The molecule has 0 radical (unpaired) electrons. The number of benzene rings is 1. The molecule has 5 heteroatoms. The molecule has 1 fully saturated rings. The molecule has 0 amide bonds. The molecule has 24 heavy (non-hydrogen) atoms. The largest absolute Gasteiger partial charge is 0.443 e. The highest BCUT2D eigenvalue weighted by atomic mass is 35.5. The summed E-state index contributed by atoms with van der Waals surface area (Å²) in [7, 11) is 2.17. The number of allylic oxidation sites excluding steroid dienone is 1. The van der Waals surface area contributed by atoms with E-state index in [0.717, 1.165) is 54.6 Å². The molecule has 2 aromatic rings. The minimum atomic E-state index is 0.415. The van der Waals surface area contributed by atoms with E-state index in [-0.39, 0.29) is 0 Å². The molecule has 1 atom stereocenters. The van der Waals surface area contributed by atoms with Gasteiger partial charge >= 0.3 is 0 Å². The van der Waals surface area contributed by atoms with Crippen LogP contribution in [0.2, 0.25) is 5.02 Å². The summed E-state index contributed by atoms with van der Waals surface area (Å²) < 4.78 is 5.82. The molecule has 2 aliphatic rings. The van der Waals surface area contributed by atoms with Crippen LogP contribution in [-0.2, 0) is 0 Å². The first kappa shape index (κ1) is 15.7. The van der Waals surface area contributed by atoms with Gasteiger partial charge in [0, 0.05) is 36.8 Å². The van der Waals surface area contributed by atoms with E-state index in [0.29, 0.717) is 5.92 Å². The maximum absolute atomic E-state index is 6.26. The van der Waals surface area contributed by atoms with E-state index in [1.165, 1.54) is 11.3 Å².